The van der Waals surface area contributed by atoms with Crippen molar-refractivity contribution < 1.29 is 31.4 Å². The van der Waals surface area contributed by atoms with Crippen molar-refractivity contribution in [1.29, 1.82) is 0 Å². The SMILES string of the molecule is CC1COCCN1c1nc(-c2cnc(N)nc2)nc2c(OCCF)cc(-c3cccc(C(F)CCNS(=O)[O-])c3F)cc12. The Morgan fingerprint density at radius 1 is 1.26 bits per heavy atom. The fourth-order valence-electron chi connectivity index (χ4n) is 4.88. The highest BCUT2D eigenvalue weighted by molar-refractivity contribution is 7.77. The van der Waals surface area contributed by atoms with Gasteiger partial charge in [-0.25, -0.2) is 37.8 Å². The van der Waals surface area contributed by atoms with Gasteiger partial charge in [0.05, 0.1) is 24.8 Å². The topological polar surface area (TPSA) is 151 Å². The van der Waals surface area contributed by atoms with Gasteiger partial charge in [0.1, 0.15) is 42.4 Å². The van der Waals surface area contributed by atoms with E-state index in [4.69, 9.17) is 25.2 Å². The lowest BCUT2D eigenvalue weighted by atomic mass is 9.97. The molecule has 0 spiro atoms. The molecule has 1 saturated heterocycles. The molecule has 4 aromatic rings. The largest absolute Gasteiger partial charge is 0.760 e. The van der Waals surface area contributed by atoms with Gasteiger partial charge in [0, 0.05) is 53.3 Å². The van der Waals surface area contributed by atoms with Gasteiger partial charge in [-0.1, -0.05) is 18.2 Å². The number of morpholine rings is 1. The van der Waals surface area contributed by atoms with E-state index in [0.717, 1.165) is 0 Å². The van der Waals surface area contributed by atoms with Crippen LogP contribution in [0.2, 0.25) is 0 Å². The second kappa shape index (κ2) is 13.6. The van der Waals surface area contributed by atoms with Crippen LogP contribution in [0.25, 0.3) is 33.4 Å². The molecule has 0 aliphatic carbocycles. The van der Waals surface area contributed by atoms with E-state index in [2.05, 4.69) is 14.7 Å². The Hall–Kier alpha value is -3.92. The first-order valence-corrected chi connectivity index (χ1v) is 14.6. The maximum atomic E-state index is 15.8. The highest BCUT2D eigenvalue weighted by atomic mass is 32.2. The molecule has 3 heterocycles. The van der Waals surface area contributed by atoms with Crippen LogP contribution >= 0.6 is 0 Å². The van der Waals surface area contributed by atoms with Gasteiger partial charge in [-0.15, -0.1) is 0 Å². The Balaban J connectivity index is 1.68. The second-order valence-electron chi connectivity index (χ2n) is 9.82. The highest BCUT2D eigenvalue weighted by Crippen LogP contribution is 2.40. The molecule has 3 atom stereocenters. The van der Waals surface area contributed by atoms with Gasteiger partial charge in [-0.3, -0.25) is 4.21 Å². The Morgan fingerprint density at radius 2 is 2.05 bits per heavy atom. The van der Waals surface area contributed by atoms with E-state index in [1.807, 2.05) is 11.8 Å². The van der Waals surface area contributed by atoms with Crippen LogP contribution in [0.5, 0.6) is 5.75 Å². The number of nitrogens with one attached hydrogen (secondary N) is 1. The summed E-state index contributed by atoms with van der Waals surface area (Å²) >= 11 is -2.56. The molecule has 15 heteroatoms. The third-order valence-corrected chi connectivity index (χ3v) is 7.38. The van der Waals surface area contributed by atoms with Crippen LogP contribution < -0.4 is 20.1 Å². The standard InChI is InChI=1S/C28H30F3N7O4S/c1-16-15-41-10-8-38(16)27-21-11-17(19-3-2-4-20(24(19)31)22(30)5-7-35-43(39)40)12-23(42-9-6-29)25(21)36-26(37-27)18-13-33-28(32)34-14-18/h2-4,11-14,16,22,35H,5-10,15H2,1H3,(H,39,40)(H2,32,33,34)/p-1. The van der Waals surface area contributed by atoms with Crippen molar-refractivity contribution in [2.45, 2.75) is 25.6 Å². The van der Waals surface area contributed by atoms with E-state index in [9.17, 15) is 13.2 Å². The summed E-state index contributed by atoms with van der Waals surface area (Å²) < 4.78 is 79.1. The molecule has 1 aliphatic heterocycles. The molecular formula is C28H29F3N7O4S-. The zero-order valence-electron chi connectivity index (χ0n) is 23.1. The fraction of sp³-hybridized carbons (Fsp3) is 0.357. The van der Waals surface area contributed by atoms with Crippen LogP contribution in [0.15, 0.2) is 42.7 Å². The lowest BCUT2D eigenvalue weighted by Gasteiger charge is -2.35. The van der Waals surface area contributed by atoms with E-state index < -0.39 is 29.9 Å². The van der Waals surface area contributed by atoms with Crippen molar-refractivity contribution in [3.05, 3.63) is 54.1 Å². The van der Waals surface area contributed by atoms with Crippen molar-refractivity contribution in [1.82, 2.24) is 24.7 Å². The first-order chi connectivity index (χ1) is 20.8. The summed E-state index contributed by atoms with van der Waals surface area (Å²) in [5.41, 5.74) is 6.69. The fourth-order valence-corrected chi connectivity index (χ4v) is 5.17. The minimum atomic E-state index is -2.56. The number of anilines is 2. The second-order valence-corrected chi connectivity index (χ2v) is 10.6. The van der Waals surface area contributed by atoms with Crippen LogP contribution in [0, 0.1) is 5.82 Å². The molecule has 0 amide bonds. The molecule has 3 unspecified atom stereocenters. The molecule has 228 valence electrons. The number of ether oxygens (including phenoxy) is 2. The molecule has 0 radical (unpaired) electrons. The van der Waals surface area contributed by atoms with Crippen molar-refractivity contribution in [3.8, 4) is 28.3 Å². The average molecular weight is 617 g/mol. The smallest absolute Gasteiger partial charge is 0.219 e. The predicted molar refractivity (Wildman–Crippen MR) is 155 cm³/mol. The zero-order valence-corrected chi connectivity index (χ0v) is 24.0. The quantitative estimate of drug-likeness (QED) is 0.238. The molecule has 0 bridgehead atoms. The highest BCUT2D eigenvalue weighted by Gasteiger charge is 2.26. The number of nitrogen functional groups attached to an aromatic ring is 1. The molecule has 2 aromatic carbocycles. The third-order valence-electron chi connectivity index (χ3n) is 6.94. The summed E-state index contributed by atoms with van der Waals surface area (Å²) in [6.07, 6.45) is 0.953. The third kappa shape index (κ3) is 6.85. The van der Waals surface area contributed by atoms with E-state index in [1.54, 1.807) is 6.07 Å². The lowest BCUT2D eigenvalue weighted by molar-refractivity contribution is 0.0987. The summed E-state index contributed by atoms with van der Waals surface area (Å²) in [6, 6.07) is 7.45. The van der Waals surface area contributed by atoms with Crippen LogP contribution in [-0.4, -0.2) is 74.3 Å². The van der Waals surface area contributed by atoms with Gasteiger partial charge in [-0.05, 0) is 31.0 Å². The van der Waals surface area contributed by atoms with E-state index in [-0.39, 0.29) is 54.3 Å². The first kappa shape index (κ1) is 30.5. The van der Waals surface area contributed by atoms with Gasteiger partial charge in [0.15, 0.2) is 5.82 Å². The molecule has 3 N–H and O–H groups in total. The van der Waals surface area contributed by atoms with Gasteiger partial charge < -0.3 is 24.7 Å². The van der Waals surface area contributed by atoms with Crippen molar-refractivity contribution in [2.75, 3.05) is 50.2 Å². The molecular weight excluding hydrogens is 587 g/mol. The average Bonchev–Trinajstić information content (AvgIpc) is 3.00. The number of fused-ring (bicyclic) bond motifs is 1. The molecule has 11 nitrogen and oxygen atoms in total. The van der Waals surface area contributed by atoms with Gasteiger partial charge in [-0.2, -0.15) is 0 Å². The molecule has 1 fully saturated rings. The van der Waals surface area contributed by atoms with Gasteiger partial charge in [0.2, 0.25) is 5.95 Å². The number of hydrogen-bond acceptors (Lipinski definition) is 10. The first-order valence-electron chi connectivity index (χ1n) is 13.5. The van der Waals surface area contributed by atoms with Crippen molar-refractivity contribution in [3.63, 3.8) is 0 Å². The van der Waals surface area contributed by atoms with E-state index in [0.29, 0.717) is 47.6 Å². The number of rotatable bonds is 11. The predicted octanol–water partition coefficient (Wildman–Crippen LogP) is 3.83. The minimum absolute atomic E-state index is 0.0736. The molecule has 0 saturated carbocycles. The Morgan fingerprint density at radius 3 is 2.77 bits per heavy atom. The number of benzene rings is 2. The molecule has 43 heavy (non-hydrogen) atoms. The van der Waals surface area contributed by atoms with Crippen molar-refractivity contribution >= 4 is 33.9 Å². The zero-order chi connectivity index (χ0) is 30.5. The van der Waals surface area contributed by atoms with Crippen LogP contribution in [0.3, 0.4) is 0 Å². The Bertz CT molecular complexity index is 1620. The van der Waals surface area contributed by atoms with Crippen LogP contribution in [-0.2, 0) is 16.0 Å². The number of hydrogen-bond donors (Lipinski definition) is 2. The number of halogens is 3. The number of nitrogens with two attached hydrogens (primary N) is 1. The maximum Gasteiger partial charge on any atom is 0.219 e. The van der Waals surface area contributed by atoms with Crippen molar-refractivity contribution in [2.24, 2.45) is 0 Å². The number of nitrogens with zero attached hydrogens (tertiary/aromatic N) is 5. The monoisotopic (exact) mass is 616 g/mol. The normalized spacial score (nSPS) is 16.8. The minimum Gasteiger partial charge on any atom is -0.760 e. The summed E-state index contributed by atoms with van der Waals surface area (Å²) in [6.45, 7) is 2.12. The number of alkyl halides is 2. The molecule has 2 aromatic heterocycles. The summed E-state index contributed by atoms with van der Waals surface area (Å²) in [5, 5.41) is 0.504. The molecule has 1 aliphatic rings. The van der Waals surface area contributed by atoms with Crippen LogP contribution in [0.4, 0.5) is 24.9 Å². The molecule has 5 rings (SSSR count). The van der Waals surface area contributed by atoms with Gasteiger partial charge in [0.25, 0.3) is 0 Å². The lowest BCUT2D eigenvalue weighted by Crippen LogP contribution is -2.44. The van der Waals surface area contributed by atoms with E-state index in [1.165, 1.54) is 36.7 Å². The van der Waals surface area contributed by atoms with Crippen LogP contribution in [0.1, 0.15) is 25.1 Å². The maximum absolute atomic E-state index is 15.8. The number of aromatic nitrogens is 4. The Kier molecular flexibility index (Phi) is 9.65. The Labute approximate surface area is 248 Å². The van der Waals surface area contributed by atoms with E-state index >= 15 is 8.78 Å². The van der Waals surface area contributed by atoms with Gasteiger partial charge >= 0.3 is 0 Å². The summed E-state index contributed by atoms with van der Waals surface area (Å²) in [5.74, 6) is 0.235. The summed E-state index contributed by atoms with van der Waals surface area (Å²) in [7, 11) is 0. The summed E-state index contributed by atoms with van der Waals surface area (Å²) in [4.78, 5) is 19.7.